The maximum atomic E-state index is 12.8. The van der Waals surface area contributed by atoms with Gasteiger partial charge in [-0.05, 0) is 24.3 Å². The zero-order valence-electron chi connectivity index (χ0n) is 14.2. The van der Waals surface area contributed by atoms with Crippen LogP contribution >= 0.6 is 11.3 Å². The summed E-state index contributed by atoms with van der Waals surface area (Å²) in [6.45, 7) is 2.54. The lowest BCUT2D eigenvalue weighted by Crippen LogP contribution is -2.36. The van der Waals surface area contributed by atoms with Gasteiger partial charge in [0.05, 0.1) is 13.2 Å². The lowest BCUT2D eigenvalue weighted by molar-refractivity contribution is -0.253. The van der Waals surface area contributed by atoms with Crippen molar-refractivity contribution in [3.8, 4) is 5.75 Å². The minimum absolute atomic E-state index is 0.239. The highest BCUT2D eigenvalue weighted by atomic mass is 32.1. The number of alkyl halides is 4. The lowest BCUT2D eigenvalue weighted by Gasteiger charge is -2.25. The number of rotatable bonds is 6. The summed E-state index contributed by atoms with van der Waals surface area (Å²) in [6.07, 6.45) is -8.55. The van der Waals surface area contributed by atoms with Crippen LogP contribution in [0.1, 0.15) is 0 Å². The van der Waals surface area contributed by atoms with E-state index in [9.17, 15) is 22.4 Å². The molecule has 1 aromatic carbocycles. The maximum Gasteiger partial charge on any atom is 0.461 e. The summed E-state index contributed by atoms with van der Waals surface area (Å²) in [6, 6.07) is 3.91. The number of morpholine rings is 1. The second-order valence-corrected chi connectivity index (χ2v) is 6.51. The Morgan fingerprint density at radius 2 is 1.86 bits per heavy atom. The lowest BCUT2D eigenvalue weighted by atomic mass is 10.3. The number of urea groups is 1. The van der Waals surface area contributed by atoms with E-state index in [1.54, 1.807) is 0 Å². The Labute approximate surface area is 160 Å². The number of nitrogens with one attached hydrogen (secondary N) is 2. The molecule has 3 rings (SSSR count). The fourth-order valence-electron chi connectivity index (χ4n) is 2.22. The van der Waals surface area contributed by atoms with Gasteiger partial charge in [0.2, 0.25) is 10.3 Å². The number of nitrogens with zero attached hydrogens (tertiary/aromatic N) is 3. The van der Waals surface area contributed by atoms with Crippen LogP contribution in [-0.2, 0) is 4.74 Å². The van der Waals surface area contributed by atoms with Gasteiger partial charge in [-0.1, -0.05) is 11.3 Å². The number of aromatic nitrogens is 2. The van der Waals surface area contributed by atoms with E-state index in [0.717, 1.165) is 12.1 Å². The first-order valence-corrected chi connectivity index (χ1v) is 8.84. The molecule has 0 unspecified atom stereocenters. The van der Waals surface area contributed by atoms with Crippen LogP contribution in [0.5, 0.6) is 5.75 Å². The van der Waals surface area contributed by atoms with Crippen molar-refractivity contribution < 1.29 is 31.8 Å². The first-order chi connectivity index (χ1) is 13.3. The van der Waals surface area contributed by atoms with Crippen LogP contribution in [0.3, 0.4) is 0 Å². The van der Waals surface area contributed by atoms with E-state index in [1.165, 1.54) is 23.5 Å². The third-order valence-electron chi connectivity index (χ3n) is 3.54. The van der Waals surface area contributed by atoms with Crippen molar-refractivity contribution >= 4 is 33.3 Å². The number of carbonyl (C=O) groups is 1. The molecule has 1 aliphatic rings. The van der Waals surface area contributed by atoms with Crippen molar-refractivity contribution in [2.75, 3.05) is 41.8 Å². The molecule has 152 valence electrons. The average molecular weight is 421 g/mol. The van der Waals surface area contributed by atoms with Gasteiger partial charge in [0.15, 0.2) is 0 Å². The van der Waals surface area contributed by atoms with Gasteiger partial charge in [-0.15, -0.1) is 10.2 Å². The van der Waals surface area contributed by atoms with E-state index < -0.39 is 24.3 Å². The number of benzene rings is 1. The number of carbonyl (C=O) groups excluding carboxylic acids is 1. The highest BCUT2D eigenvalue weighted by Gasteiger charge is 2.43. The molecule has 0 radical (unpaired) electrons. The van der Waals surface area contributed by atoms with Crippen molar-refractivity contribution in [3.05, 3.63) is 24.3 Å². The standard InChI is InChI=1S/C15H15F4N5O3S/c16-11(17)15(18,19)27-10-3-1-9(2-4-10)20-12(25)21-13-22-23-14(28-13)24-5-7-26-8-6-24/h1-4,11H,5-8H2,(H2,20,21,22,25). The Kier molecular flexibility index (Phi) is 6.14. The number of hydrogen-bond donors (Lipinski definition) is 2. The Morgan fingerprint density at radius 1 is 1.18 bits per heavy atom. The second kappa shape index (κ2) is 8.56. The summed E-state index contributed by atoms with van der Waals surface area (Å²) in [5.74, 6) is -0.462. The molecule has 2 N–H and O–H groups in total. The topological polar surface area (TPSA) is 88.6 Å². The Morgan fingerprint density at radius 3 is 2.50 bits per heavy atom. The van der Waals surface area contributed by atoms with Crippen molar-refractivity contribution in [2.45, 2.75) is 12.5 Å². The number of amides is 2. The van der Waals surface area contributed by atoms with Gasteiger partial charge in [0.1, 0.15) is 5.75 Å². The van der Waals surface area contributed by atoms with Gasteiger partial charge in [-0.2, -0.15) is 17.6 Å². The summed E-state index contributed by atoms with van der Waals surface area (Å²) >= 11 is 1.19. The monoisotopic (exact) mass is 421 g/mol. The van der Waals surface area contributed by atoms with E-state index in [2.05, 4.69) is 25.6 Å². The van der Waals surface area contributed by atoms with Gasteiger partial charge in [0.25, 0.3) is 0 Å². The highest BCUT2D eigenvalue weighted by Crippen LogP contribution is 2.28. The minimum atomic E-state index is -4.59. The fraction of sp³-hybridized carbons (Fsp3) is 0.400. The molecule has 2 heterocycles. The summed E-state index contributed by atoms with van der Waals surface area (Å²) in [7, 11) is 0. The Balaban J connectivity index is 1.53. The molecule has 1 saturated heterocycles. The summed E-state index contributed by atoms with van der Waals surface area (Å²) in [4.78, 5) is 14.0. The third-order valence-corrected chi connectivity index (χ3v) is 4.44. The van der Waals surface area contributed by atoms with Crippen molar-refractivity contribution in [2.24, 2.45) is 0 Å². The molecule has 0 spiro atoms. The van der Waals surface area contributed by atoms with Crippen LogP contribution in [0.4, 0.5) is 38.3 Å². The van der Waals surface area contributed by atoms with Gasteiger partial charge >= 0.3 is 18.6 Å². The molecule has 2 amide bonds. The largest absolute Gasteiger partial charge is 0.461 e. The molecule has 0 saturated carbocycles. The number of halogens is 4. The molecule has 0 aliphatic carbocycles. The molecule has 1 fully saturated rings. The van der Waals surface area contributed by atoms with Crippen LogP contribution in [0.15, 0.2) is 24.3 Å². The van der Waals surface area contributed by atoms with Crippen molar-refractivity contribution in [3.63, 3.8) is 0 Å². The Bertz CT molecular complexity index is 799. The molecule has 2 aromatic rings. The van der Waals surface area contributed by atoms with Gasteiger partial charge in [0, 0.05) is 18.8 Å². The molecule has 1 aliphatic heterocycles. The predicted octanol–water partition coefficient (Wildman–Crippen LogP) is 3.26. The van der Waals surface area contributed by atoms with E-state index in [-0.39, 0.29) is 10.8 Å². The molecule has 0 atom stereocenters. The molecule has 13 heteroatoms. The highest BCUT2D eigenvalue weighted by molar-refractivity contribution is 7.19. The first-order valence-electron chi connectivity index (χ1n) is 8.03. The van der Waals surface area contributed by atoms with Gasteiger partial charge in [-0.3, -0.25) is 5.32 Å². The zero-order chi connectivity index (χ0) is 20.1. The zero-order valence-corrected chi connectivity index (χ0v) is 15.0. The van der Waals surface area contributed by atoms with Crippen LogP contribution in [0.25, 0.3) is 0 Å². The normalized spacial score (nSPS) is 14.8. The number of ether oxygens (including phenoxy) is 2. The average Bonchev–Trinajstić information content (AvgIpc) is 3.12. The van der Waals surface area contributed by atoms with Crippen molar-refractivity contribution in [1.29, 1.82) is 0 Å². The van der Waals surface area contributed by atoms with Gasteiger partial charge < -0.3 is 19.7 Å². The van der Waals surface area contributed by atoms with E-state index >= 15 is 0 Å². The maximum absolute atomic E-state index is 12.8. The van der Waals surface area contributed by atoms with E-state index in [4.69, 9.17) is 4.74 Å². The predicted molar refractivity (Wildman–Crippen MR) is 93.6 cm³/mol. The molecule has 1 aromatic heterocycles. The fourth-order valence-corrected chi connectivity index (χ4v) is 3.01. The summed E-state index contributed by atoms with van der Waals surface area (Å²) in [5, 5.41) is 13.8. The molecule has 28 heavy (non-hydrogen) atoms. The van der Waals surface area contributed by atoms with Crippen LogP contribution < -0.4 is 20.3 Å². The second-order valence-electron chi connectivity index (χ2n) is 5.56. The molecule has 0 bridgehead atoms. The first kappa shape index (κ1) is 20.1. The SMILES string of the molecule is O=C(Nc1ccc(OC(F)(F)C(F)F)cc1)Nc1nnc(N2CCOCC2)s1. The quantitative estimate of drug-likeness (QED) is 0.697. The third kappa shape index (κ3) is 5.19. The van der Waals surface area contributed by atoms with Crippen LogP contribution in [-0.4, -0.2) is 55.1 Å². The Hall–Kier alpha value is -2.67. The summed E-state index contributed by atoms with van der Waals surface area (Å²) in [5.41, 5.74) is 0.239. The molecular formula is C15H15F4N5O3S. The number of anilines is 3. The summed E-state index contributed by atoms with van der Waals surface area (Å²) < 4.78 is 59.1. The minimum Gasteiger partial charge on any atom is -0.428 e. The van der Waals surface area contributed by atoms with Crippen LogP contribution in [0.2, 0.25) is 0 Å². The van der Waals surface area contributed by atoms with E-state index in [1.807, 2.05) is 4.90 Å². The molecule has 8 nitrogen and oxygen atoms in total. The van der Waals surface area contributed by atoms with E-state index in [0.29, 0.717) is 31.4 Å². The van der Waals surface area contributed by atoms with Crippen LogP contribution in [0, 0.1) is 0 Å². The van der Waals surface area contributed by atoms with Gasteiger partial charge in [-0.25, -0.2) is 4.79 Å². The number of hydrogen-bond acceptors (Lipinski definition) is 7. The smallest absolute Gasteiger partial charge is 0.428 e. The van der Waals surface area contributed by atoms with Crippen molar-refractivity contribution in [1.82, 2.24) is 10.2 Å². The molecular weight excluding hydrogens is 406 g/mol.